The summed E-state index contributed by atoms with van der Waals surface area (Å²) in [5.74, 6) is -0.205. The Hall–Kier alpha value is -2.17. The molecule has 0 fully saturated rings. The fraction of sp³-hybridized carbons (Fsp3) is 0.316. The molecular weight excluding hydrogens is 290 g/mol. The van der Waals surface area contributed by atoms with Gasteiger partial charge in [-0.15, -0.1) is 0 Å². The van der Waals surface area contributed by atoms with Gasteiger partial charge in [0.1, 0.15) is 0 Å². The zero-order valence-corrected chi connectivity index (χ0v) is 13.5. The van der Waals surface area contributed by atoms with Crippen molar-refractivity contribution >= 4 is 5.91 Å². The van der Waals surface area contributed by atoms with Crippen molar-refractivity contribution in [1.29, 1.82) is 0 Å². The maximum Gasteiger partial charge on any atom is 0.225 e. The maximum atomic E-state index is 12.4. The maximum absolute atomic E-state index is 12.4. The summed E-state index contributed by atoms with van der Waals surface area (Å²) >= 11 is 0. The molecule has 0 saturated carbocycles. The molecule has 1 amide bonds. The van der Waals surface area contributed by atoms with Crippen LogP contribution in [0.25, 0.3) is 0 Å². The molecule has 0 heterocycles. The largest absolute Gasteiger partial charge is 0.388 e. The first-order valence-electron chi connectivity index (χ1n) is 7.72. The molecule has 0 aliphatic carbocycles. The molecule has 0 unspecified atom stereocenters. The smallest absolute Gasteiger partial charge is 0.225 e. The van der Waals surface area contributed by atoms with Gasteiger partial charge in [-0.3, -0.25) is 4.79 Å². The van der Waals surface area contributed by atoms with Gasteiger partial charge in [-0.2, -0.15) is 0 Å². The Bertz CT molecular complexity index is 615. The van der Waals surface area contributed by atoms with Crippen molar-refractivity contribution in [2.24, 2.45) is 0 Å². The fourth-order valence-corrected chi connectivity index (χ4v) is 2.47. The van der Waals surface area contributed by atoms with Crippen LogP contribution in [0.5, 0.6) is 0 Å². The van der Waals surface area contributed by atoms with Gasteiger partial charge in [-0.25, -0.2) is 0 Å². The number of likely N-dealkylation sites (N-methyl/N-ethyl adjacent to an activating group) is 1. The highest BCUT2D eigenvalue weighted by Gasteiger charge is 2.25. The van der Waals surface area contributed by atoms with Gasteiger partial charge in [0.05, 0.1) is 24.7 Å². The second kappa shape index (κ2) is 7.90. The lowest BCUT2D eigenvalue weighted by Crippen LogP contribution is -2.39. The molecule has 0 aromatic heterocycles. The number of carbonyl (C=O) groups is 1. The van der Waals surface area contributed by atoms with Gasteiger partial charge in [0, 0.05) is 7.05 Å². The normalized spacial score (nSPS) is 14.8. The van der Waals surface area contributed by atoms with Gasteiger partial charge in [-0.1, -0.05) is 60.7 Å². The van der Waals surface area contributed by atoms with E-state index in [1.54, 1.807) is 26.1 Å². The van der Waals surface area contributed by atoms with Crippen molar-refractivity contribution in [2.45, 2.75) is 31.6 Å². The summed E-state index contributed by atoms with van der Waals surface area (Å²) in [5.41, 5.74) is 1.48. The molecule has 0 saturated heterocycles. The zero-order chi connectivity index (χ0) is 16.8. The van der Waals surface area contributed by atoms with Crippen LogP contribution in [-0.4, -0.2) is 34.1 Å². The average Bonchev–Trinajstić information content (AvgIpc) is 2.61. The highest BCUT2D eigenvalue weighted by atomic mass is 16.3. The number of aliphatic hydroxyl groups excluding tert-OH is 2. The molecule has 2 rings (SSSR count). The van der Waals surface area contributed by atoms with Crippen molar-refractivity contribution in [2.75, 3.05) is 7.05 Å². The Morgan fingerprint density at radius 3 is 1.96 bits per heavy atom. The highest BCUT2D eigenvalue weighted by molar-refractivity contribution is 5.77. The predicted octanol–water partition coefficient (Wildman–Crippen LogP) is 2.69. The molecule has 23 heavy (non-hydrogen) atoms. The average molecular weight is 313 g/mol. The van der Waals surface area contributed by atoms with Crippen LogP contribution in [0.2, 0.25) is 0 Å². The number of carbonyl (C=O) groups excluding carboxylic acids is 1. The Morgan fingerprint density at radius 1 is 0.957 bits per heavy atom. The second-order valence-corrected chi connectivity index (χ2v) is 5.73. The summed E-state index contributed by atoms with van der Waals surface area (Å²) in [5, 5.41) is 20.6. The first-order valence-corrected chi connectivity index (χ1v) is 7.72. The molecule has 0 aliphatic rings. The first-order chi connectivity index (χ1) is 11.0. The summed E-state index contributed by atoms with van der Waals surface area (Å²) < 4.78 is 0. The second-order valence-electron chi connectivity index (χ2n) is 5.73. The Balaban J connectivity index is 1.99. The monoisotopic (exact) mass is 313 g/mol. The third-order valence-electron chi connectivity index (χ3n) is 4.15. The van der Waals surface area contributed by atoms with Crippen LogP contribution < -0.4 is 0 Å². The number of hydrogen-bond acceptors (Lipinski definition) is 3. The molecule has 4 heteroatoms. The minimum Gasteiger partial charge on any atom is -0.388 e. The molecule has 122 valence electrons. The first kappa shape index (κ1) is 17.2. The van der Waals surface area contributed by atoms with Gasteiger partial charge in [0.2, 0.25) is 5.91 Å². The lowest BCUT2D eigenvalue weighted by Gasteiger charge is -2.30. The van der Waals surface area contributed by atoms with E-state index in [0.29, 0.717) is 5.56 Å². The highest BCUT2D eigenvalue weighted by Crippen LogP contribution is 2.22. The number of amides is 1. The third kappa shape index (κ3) is 4.41. The van der Waals surface area contributed by atoms with E-state index in [0.717, 1.165) is 5.56 Å². The van der Waals surface area contributed by atoms with E-state index < -0.39 is 12.2 Å². The molecule has 0 spiro atoms. The van der Waals surface area contributed by atoms with Crippen LogP contribution in [0.4, 0.5) is 0 Å². The van der Waals surface area contributed by atoms with E-state index >= 15 is 0 Å². The minimum atomic E-state index is -0.841. The van der Waals surface area contributed by atoms with Gasteiger partial charge >= 0.3 is 0 Å². The Morgan fingerprint density at radius 2 is 1.43 bits per heavy atom. The summed E-state index contributed by atoms with van der Waals surface area (Å²) in [6, 6.07) is 18.0. The topological polar surface area (TPSA) is 60.8 Å². The van der Waals surface area contributed by atoms with Crippen LogP contribution in [0, 0.1) is 0 Å². The van der Waals surface area contributed by atoms with Crippen molar-refractivity contribution < 1.29 is 15.0 Å². The molecule has 2 N–H and O–H groups in total. The summed E-state index contributed by atoms with van der Waals surface area (Å²) in [7, 11) is 1.65. The Kier molecular flexibility index (Phi) is 5.90. The van der Waals surface area contributed by atoms with E-state index in [2.05, 4.69) is 0 Å². The van der Waals surface area contributed by atoms with Crippen molar-refractivity contribution in [3.63, 3.8) is 0 Å². The molecule has 2 aromatic carbocycles. The lowest BCUT2D eigenvalue weighted by atomic mass is 10.0. The van der Waals surface area contributed by atoms with Gasteiger partial charge in [-0.05, 0) is 18.1 Å². The van der Waals surface area contributed by atoms with Crippen LogP contribution in [0.1, 0.15) is 36.7 Å². The molecular formula is C19H23NO3. The molecule has 4 nitrogen and oxygen atoms in total. The number of hydrogen-bond donors (Lipinski definition) is 2. The van der Waals surface area contributed by atoms with Crippen LogP contribution in [-0.2, 0) is 4.79 Å². The molecule has 0 aliphatic heterocycles. The Labute approximate surface area is 137 Å². The zero-order valence-electron chi connectivity index (χ0n) is 13.5. The number of aliphatic hydroxyl groups is 2. The molecule has 0 bridgehead atoms. The number of nitrogens with zero attached hydrogens (tertiary/aromatic N) is 1. The number of benzene rings is 2. The van der Waals surface area contributed by atoms with E-state index in [1.165, 1.54) is 4.90 Å². The van der Waals surface area contributed by atoms with Crippen LogP contribution in [0.3, 0.4) is 0 Å². The molecule has 3 atom stereocenters. The summed E-state index contributed by atoms with van der Waals surface area (Å²) in [6.45, 7) is 1.80. The van der Waals surface area contributed by atoms with E-state index in [1.807, 2.05) is 48.5 Å². The minimum absolute atomic E-state index is 0.00758. The van der Waals surface area contributed by atoms with Crippen molar-refractivity contribution in [3.05, 3.63) is 71.8 Å². The summed E-state index contributed by atoms with van der Waals surface area (Å²) in [6.07, 6.45) is -1.61. The van der Waals surface area contributed by atoms with E-state index in [9.17, 15) is 15.0 Å². The van der Waals surface area contributed by atoms with Gasteiger partial charge in [0.15, 0.2) is 0 Å². The van der Waals surface area contributed by atoms with Gasteiger partial charge < -0.3 is 15.1 Å². The standard InChI is InChI=1S/C19H23NO3/c1-14(19(23)16-11-7-4-8-12-16)20(2)18(22)13-17(21)15-9-5-3-6-10-15/h3-12,14,17,19,21,23H,13H2,1-2H3/t14-,17+,19+/m0/s1. The lowest BCUT2D eigenvalue weighted by molar-refractivity contribution is -0.136. The third-order valence-corrected chi connectivity index (χ3v) is 4.15. The molecule has 0 radical (unpaired) electrons. The molecule has 2 aromatic rings. The van der Waals surface area contributed by atoms with Crippen molar-refractivity contribution in [1.82, 2.24) is 4.90 Å². The quantitative estimate of drug-likeness (QED) is 0.862. The predicted molar refractivity (Wildman–Crippen MR) is 89.7 cm³/mol. The fourth-order valence-electron chi connectivity index (χ4n) is 2.47. The number of rotatable bonds is 6. The van der Waals surface area contributed by atoms with Crippen LogP contribution >= 0.6 is 0 Å². The summed E-state index contributed by atoms with van der Waals surface area (Å²) in [4.78, 5) is 13.8. The van der Waals surface area contributed by atoms with Crippen LogP contribution in [0.15, 0.2) is 60.7 Å². The van der Waals surface area contributed by atoms with Gasteiger partial charge in [0.25, 0.3) is 0 Å². The van der Waals surface area contributed by atoms with E-state index in [-0.39, 0.29) is 18.4 Å². The van der Waals surface area contributed by atoms with Crippen molar-refractivity contribution in [3.8, 4) is 0 Å². The SMILES string of the molecule is C[C@@H]([C@@H](O)c1ccccc1)N(C)C(=O)C[C@@H](O)c1ccccc1. The van der Waals surface area contributed by atoms with E-state index in [4.69, 9.17) is 0 Å².